The molecule has 0 aliphatic carbocycles. The number of aromatic amines is 1. The number of benzene rings is 1. The molecule has 1 aromatic carbocycles. The average Bonchev–Trinajstić information content (AvgIpc) is 3.21. The van der Waals surface area contributed by atoms with Crippen LogP contribution in [0.15, 0.2) is 42.6 Å². The molecule has 0 unspecified atom stereocenters. The zero-order chi connectivity index (χ0) is 17.2. The molecule has 3 rings (SSSR count). The smallest absolute Gasteiger partial charge is 0.338 e. The molecule has 7 nitrogen and oxygen atoms in total. The van der Waals surface area contributed by atoms with Gasteiger partial charge >= 0.3 is 5.97 Å². The molecule has 1 aromatic heterocycles. The standard InChI is InChI=1S/C16H16N2O5S/c19-15(14-3-1-8-17-14)11-23-16(20)12-4-6-13(7-5-12)18-9-2-10-24(18,21)22/h1,3-8,17H,2,9-11H2. The van der Waals surface area contributed by atoms with E-state index in [0.717, 1.165) is 0 Å². The summed E-state index contributed by atoms with van der Waals surface area (Å²) in [5.74, 6) is -0.823. The molecule has 0 radical (unpaired) electrons. The summed E-state index contributed by atoms with van der Waals surface area (Å²) in [7, 11) is -3.25. The molecule has 0 amide bonds. The number of esters is 1. The molecular formula is C16H16N2O5S. The van der Waals surface area contributed by atoms with E-state index in [1.165, 1.54) is 16.4 Å². The van der Waals surface area contributed by atoms with Gasteiger partial charge in [0.1, 0.15) is 0 Å². The predicted molar refractivity (Wildman–Crippen MR) is 87.6 cm³/mol. The van der Waals surface area contributed by atoms with Crippen molar-refractivity contribution in [2.75, 3.05) is 23.2 Å². The van der Waals surface area contributed by atoms with E-state index < -0.39 is 16.0 Å². The van der Waals surface area contributed by atoms with Crippen molar-refractivity contribution in [1.29, 1.82) is 0 Å². The Morgan fingerprint density at radius 1 is 1.17 bits per heavy atom. The minimum absolute atomic E-state index is 0.137. The Kier molecular flexibility index (Phi) is 4.39. The Morgan fingerprint density at radius 2 is 1.92 bits per heavy atom. The third-order valence-electron chi connectivity index (χ3n) is 3.72. The summed E-state index contributed by atoms with van der Waals surface area (Å²) < 4.78 is 30.0. The molecule has 1 fully saturated rings. The third-order valence-corrected chi connectivity index (χ3v) is 5.59. The van der Waals surface area contributed by atoms with Gasteiger partial charge in [0.2, 0.25) is 15.8 Å². The van der Waals surface area contributed by atoms with Crippen molar-refractivity contribution in [2.24, 2.45) is 0 Å². The van der Waals surface area contributed by atoms with Gasteiger partial charge in [0.15, 0.2) is 6.61 Å². The van der Waals surface area contributed by atoms with E-state index in [0.29, 0.717) is 24.3 Å². The number of H-pyrrole nitrogens is 1. The first-order chi connectivity index (χ1) is 11.5. The molecule has 1 N–H and O–H groups in total. The van der Waals surface area contributed by atoms with Gasteiger partial charge in [-0.3, -0.25) is 9.10 Å². The highest BCUT2D eigenvalue weighted by molar-refractivity contribution is 7.93. The number of nitrogens with zero attached hydrogens (tertiary/aromatic N) is 1. The van der Waals surface area contributed by atoms with Crippen LogP contribution in [-0.2, 0) is 14.8 Å². The van der Waals surface area contributed by atoms with E-state index in [2.05, 4.69) is 4.98 Å². The molecule has 24 heavy (non-hydrogen) atoms. The number of carbonyl (C=O) groups is 2. The van der Waals surface area contributed by atoms with Crippen molar-refractivity contribution in [1.82, 2.24) is 4.98 Å². The first-order valence-electron chi connectivity index (χ1n) is 7.41. The third kappa shape index (κ3) is 3.33. The molecule has 2 heterocycles. The van der Waals surface area contributed by atoms with Crippen LogP contribution >= 0.6 is 0 Å². The Balaban J connectivity index is 1.63. The lowest BCUT2D eigenvalue weighted by Gasteiger charge is -2.16. The number of Topliss-reactive ketones (excluding diaryl/α,β-unsaturated/α-hetero) is 1. The molecular weight excluding hydrogens is 332 g/mol. The number of nitrogens with one attached hydrogen (secondary N) is 1. The van der Waals surface area contributed by atoms with Gasteiger partial charge in [-0.2, -0.15) is 0 Å². The molecule has 8 heteroatoms. The van der Waals surface area contributed by atoms with Crippen LogP contribution in [0.25, 0.3) is 0 Å². The van der Waals surface area contributed by atoms with Gasteiger partial charge in [-0.15, -0.1) is 0 Å². The van der Waals surface area contributed by atoms with Crippen LogP contribution in [0, 0.1) is 0 Å². The van der Waals surface area contributed by atoms with Gasteiger partial charge in [0.05, 0.1) is 22.7 Å². The summed E-state index contributed by atoms with van der Waals surface area (Å²) >= 11 is 0. The zero-order valence-electron chi connectivity index (χ0n) is 12.8. The van der Waals surface area contributed by atoms with Crippen molar-refractivity contribution >= 4 is 27.5 Å². The minimum Gasteiger partial charge on any atom is -0.454 e. The van der Waals surface area contributed by atoms with Gasteiger partial charge in [-0.1, -0.05) is 0 Å². The molecule has 2 aromatic rings. The van der Waals surface area contributed by atoms with Gasteiger partial charge in [-0.25, -0.2) is 13.2 Å². The summed E-state index contributed by atoms with van der Waals surface area (Å²) in [6.07, 6.45) is 2.20. The van der Waals surface area contributed by atoms with Gasteiger partial charge < -0.3 is 9.72 Å². The highest BCUT2D eigenvalue weighted by Gasteiger charge is 2.28. The quantitative estimate of drug-likeness (QED) is 0.654. The Morgan fingerprint density at radius 3 is 2.50 bits per heavy atom. The molecule has 0 saturated carbocycles. The van der Waals surface area contributed by atoms with Crippen LogP contribution in [0.2, 0.25) is 0 Å². The number of hydrogen-bond acceptors (Lipinski definition) is 5. The molecule has 1 aliphatic rings. The number of hydrogen-bond donors (Lipinski definition) is 1. The first-order valence-corrected chi connectivity index (χ1v) is 9.02. The Labute approximate surface area is 139 Å². The van der Waals surface area contributed by atoms with E-state index in [1.807, 2.05) is 0 Å². The monoisotopic (exact) mass is 348 g/mol. The van der Waals surface area contributed by atoms with E-state index in [9.17, 15) is 18.0 Å². The van der Waals surface area contributed by atoms with Gasteiger partial charge in [0.25, 0.3) is 0 Å². The molecule has 1 saturated heterocycles. The topological polar surface area (TPSA) is 96.5 Å². The Hall–Kier alpha value is -2.61. The number of aromatic nitrogens is 1. The largest absolute Gasteiger partial charge is 0.454 e. The lowest BCUT2D eigenvalue weighted by atomic mass is 10.2. The minimum atomic E-state index is -3.25. The number of carbonyl (C=O) groups excluding carboxylic acids is 2. The van der Waals surface area contributed by atoms with Crippen LogP contribution in [0.5, 0.6) is 0 Å². The lowest BCUT2D eigenvalue weighted by molar-refractivity contribution is 0.0473. The van der Waals surface area contributed by atoms with Crippen LogP contribution < -0.4 is 4.31 Å². The van der Waals surface area contributed by atoms with Crippen LogP contribution in [-0.4, -0.2) is 44.1 Å². The van der Waals surface area contributed by atoms with Gasteiger partial charge in [0, 0.05) is 12.7 Å². The SMILES string of the molecule is O=C(OCC(=O)c1ccc[nH]1)c1ccc(N2CCCS2(=O)=O)cc1. The summed E-state index contributed by atoms with van der Waals surface area (Å²) in [5, 5.41) is 0. The summed E-state index contributed by atoms with van der Waals surface area (Å²) in [5.41, 5.74) is 1.15. The molecule has 0 bridgehead atoms. The number of rotatable bonds is 5. The second-order valence-electron chi connectivity index (χ2n) is 5.37. The maximum atomic E-state index is 12.0. The van der Waals surface area contributed by atoms with E-state index in [4.69, 9.17) is 4.74 Å². The van der Waals surface area contributed by atoms with Crippen LogP contribution in [0.4, 0.5) is 5.69 Å². The van der Waals surface area contributed by atoms with Crippen molar-refractivity contribution in [3.63, 3.8) is 0 Å². The normalized spacial score (nSPS) is 16.1. The molecule has 126 valence electrons. The van der Waals surface area contributed by atoms with Crippen LogP contribution in [0.3, 0.4) is 0 Å². The highest BCUT2D eigenvalue weighted by atomic mass is 32.2. The van der Waals surface area contributed by atoms with Crippen molar-refractivity contribution < 1.29 is 22.7 Å². The van der Waals surface area contributed by atoms with Crippen molar-refractivity contribution in [3.05, 3.63) is 53.9 Å². The number of anilines is 1. The molecule has 0 spiro atoms. The average molecular weight is 348 g/mol. The van der Waals surface area contributed by atoms with Crippen molar-refractivity contribution in [2.45, 2.75) is 6.42 Å². The lowest BCUT2D eigenvalue weighted by Crippen LogP contribution is -2.25. The zero-order valence-corrected chi connectivity index (χ0v) is 13.6. The fourth-order valence-electron chi connectivity index (χ4n) is 2.49. The predicted octanol–water partition coefficient (Wildman–Crippen LogP) is 1.59. The fourth-order valence-corrected chi connectivity index (χ4v) is 4.05. The summed E-state index contributed by atoms with van der Waals surface area (Å²) in [6, 6.07) is 9.38. The Bertz CT molecular complexity index is 841. The van der Waals surface area contributed by atoms with Crippen LogP contribution in [0.1, 0.15) is 27.3 Å². The summed E-state index contributed by atoms with van der Waals surface area (Å²) in [4.78, 5) is 26.5. The van der Waals surface area contributed by atoms with E-state index in [-0.39, 0.29) is 23.7 Å². The second kappa shape index (κ2) is 6.48. The highest BCUT2D eigenvalue weighted by Crippen LogP contribution is 2.24. The number of ether oxygens (including phenoxy) is 1. The fraction of sp³-hybridized carbons (Fsp3) is 0.250. The summed E-state index contributed by atoms with van der Waals surface area (Å²) in [6.45, 7) is 0.0817. The first kappa shape index (κ1) is 16.3. The number of ketones is 1. The van der Waals surface area contributed by atoms with Crippen molar-refractivity contribution in [3.8, 4) is 0 Å². The second-order valence-corrected chi connectivity index (χ2v) is 7.38. The molecule has 0 atom stereocenters. The van der Waals surface area contributed by atoms with E-state index in [1.54, 1.807) is 30.5 Å². The number of sulfonamides is 1. The molecule has 1 aliphatic heterocycles. The van der Waals surface area contributed by atoms with E-state index >= 15 is 0 Å². The van der Waals surface area contributed by atoms with Gasteiger partial charge in [-0.05, 0) is 42.8 Å². The maximum absolute atomic E-state index is 12.0. The maximum Gasteiger partial charge on any atom is 0.338 e.